The van der Waals surface area contributed by atoms with Gasteiger partial charge in [-0.25, -0.2) is 4.79 Å². The van der Waals surface area contributed by atoms with Gasteiger partial charge in [-0.2, -0.15) is 0 Å². The summed E-state index contributed by atoms with van der Waals surface area (Å²) < 4.78 is 19.6. The summed E-state index contributed by atoms with van der Waals surface area (Å²) in [6, 6.07) is 2.88. The van der Waals surface area contributed by atoms with Gasteiger partial charge in [0.2, 0.25) is 5.76 Å². The molecule has 0 aliphatic rings. The standard InChI is InChI=1S/C11H16O6/c1-11(13,10(15-3)16-4)8-6-5-7(17-8)9(12)14-2/h5-6,10,13H,1-4H3. The molecule has 1 aromatic rings. The number of carbonyl (C=O) groups is 1. The van der Waals surface area contributed by atoms with Crippen molar-refractivity contribution in [2.24, 2.45) is 0 Å². The van der Waals surface area contributed by atoms with Crippen LogP contribution in [0, 0.1) is 0 Å². The average molecular weight is 244 g/mol. The highest BCUT2D eigenvalue weighted by Gasteiger charge is 2.38. The van der Waals surface area contributed by atoms with Gasteiger partial charge in [-0.3, -0.25) is 0 Å². The Kier molecular flexibility index (Phi) is 4.28. The van der Waals surface area contributed by atoms with Crippen LogP contribution in [0.3, 0.4) is 0 Å². The Labute approximate surface area is 99.1 Å². The molecule has 0 amide bonds. The van der Waals surface area contributed by atoms with E-state index in [9.17, 15) is 9.90 Å². The molecule has 0 saturated carbocycles. The maximum Gasteiger partial charge on any atom is 0.373 e. The average Bonchev–Trinajstić information content (AvgIpc) is 2.79. The first-order valence-corrected chi connectivity index (χ1v) is 4.94. The maximum atomic E-state index is 11.2. The summed E-state index contributed by atoms with van der Waals surface area (Å²) in [5.74, 6) is -0.446. The molecule has 1 rings (SSSR count). The molecule has 96 valence electrons. The van der Waals surface area contributed by atoms with Gasteiger partial charge in [0.15, 0.2) is 11.9 Å². The molecule has 1 aromatic heterocycles. The van der Waals surface area contributed by atoms with Gasteiger partial charge in [-0.15, -0.1) is 0 Å². The summed E-state index contributed by atoms with van der Waals surface area (Å²) in [4.78, 5) is 11.2. The predicted octanol–water partition coefficient (Wildman–Crippen LogP) is 0.893. The maximum absolute atomic E-state index is 11.2. The molecule has 0 fully saturated rings. The Bertz CT molecular complexity index is 377. The summed E-state index contributed by atoms with van der Waals surface area (Å²) in [6.45, 7) is 1.46. The Morgan fingerprint density at radius 1 is 1.35 bits per heavy atom. The normalized spacial score (nSPS) is 14.7. The lowest BCUT2D eigenvalue weighted by atomic mass is 10.0. The summed E-state index contributed by atoms with van der Waals surface area (Å²) in [7, 11) is 4.04. The quantitative estimate of drug-likeness (QED) is 0.612. The van der Waals surface area contributed by atoms with Gasteiger partial charge in [0.25, 0.3) is 0 Å². The van der Waals surface area contributed by atoms with Crippen molar-refractivity contribution in [1.29, 1.82) is 0 Å². The largest absolute Gasteiger partial charge is 0.463 e. The second-order valence-corrected chi connectivity index (χ2v) is 3.61. The molecule has 0 aliphatic carbocycles. The minimum Gasteiger partial charge on any atom is -0.463 e. The van der Waals surface area contributed by atoms with Crippen LogP contribution in [0.1, 0.15) is 23.2 Å². The fourth-order valence-electron chi connectivity index (χ4n) is 1.49. The predicted molar refractivity (Wildman–Crippen MR) is 57.4 cm³/mol. The molecule has 1 heterocycles. The lowest BCUT2D eigenvalue weighted by Crippen LogP contribution is -2.39. The highest BCUT2D eigenvalue weighted by atomic mass is 16.7. The van der Waals surface area contributed by atoms with Crippen molar-refractivity contribution >= 4 is 5.97 Å². The Balaban J connectivity index is 2.99. The van der Waals surface area contributed by atoms with Gasteiger partial charge in [0, 0.05) is 14.2 Å². The number of ether oxygens (including phenoxy) is 3. The summed E-state index contributed by atoms with van der Waals surface area (Å²) in [5, 5.41) is 10.2. The monoisotopic (exact) mass is 244 g/mol. The minimum absolute atomic E-state index is 0.00808. The van der Waals surface area contributed by atoms with Crippen LogP contribution in [0.5, 0.6) is 0 Å². The van der Waals surface area contributed by atoms with E-state index in [0.29, 0.717) is 0 Å². The minimum atomic E-state index is -1.50. The highest BCUT2D eigenvalue weighted by molar-refractivity contribution is 5.86. The first kappa shape index (κ1) is 13.7. The third-order valence-electron chi connectivity index (χ3n) is 2.38. The molecule has 1 N–H and O–H groups in total. The third-order valence-corrected chi connectivity index (χ3v) is 2.38. The van der Waals surface area contributed by atoms with Gasteiger partial charge in [-0.1, -0.05) is 0 Å². The van der Waals surface area contributed by atoms with Crippen LogP contribution in [-0.4, -0.2) is 38.7 Å². The summed E-state index contributed by atoms with van der Waals surface area (Å²) in [5.41, 5.74) is -1.50. The van der Waals surface area contributed by atoms with E-state index in [1.807, 2.05) is 0 Å². The molecule has 0 radical (unpaired) electrons. The molecule has 6 heteroatoms. The van der Waals surface area contributed by atoms with E-state index < -0.39 is 17.9 Å². The second-order valence-electron chi connectivity index (χ2n) is 3.61. The van der Waals surface area contributed by atoms with Crippen molar-refractivity contribution in [2.45, 2.75) is 18.8 Å². The van der Waals surface area contributed by atoms with Gasteiger partial charge in [0.1, 0.15) is 5.76 Å². The number of esters is 1. The number of carbonyl (C=O) groups excluding carboxylic acids is 1. The van der Waals surface area contributed by atoms with Crippen molar-refractivity contribution < 1.29 is 28.5 Å². The Morgan fingerprint density at radius 3 is 2.41 bits per heavy atom. The zero-order valence-electron chi connectivity index (χ0n) is 10.2. The fourth-order valence-corrected chi connectivity index (χ4v) is 1.49. The smallest absolute Gasteiger partial charge is 0.373 e. The summed E-state index contributed by atoms with van der Waals surface area (Å²) in [6.07, 6.45) is -0.904. The zero-order chi connectivity index (χ0) is 13.1. The van der Waals surface area contributed by atoms with Crippen molar-refractivity contribution in [3.05, 3.63) is 23.7 Å². The molecule has 0 aliphatic heterocycles. The molecular formula is C11H16O6. The topological polar surface area (TPSA) is 78.1 Å². The van der Waals surface area contributed by atoms with Gasteiger partial charge in [0.05, 0.1) is 7.11 Å². The van der Waals surface area contributed by atoms with E-state index in [2.05, 4.69) is 4.74 Å². The van der Waals surface area contributed by atoms with Crippen LogP contribution in [0.2, 0.25) is 0 Å². The van der Waals surface area contributed by atoms with Gasteiger partial charge < -0.3 is 23.7 Å². The van der Waals surface area contributed by atoms with E-state index in [1.165, 1.54) is 40.4 Å². The number of aliphatic hydroxyl groups is 1. The molecule has 0 bridgehead atoms. The molecule has 6 nitrogen and oxygen atoms in total. The number of hydrogen-bond donors (Lipinski definition) is 1. The second kappa shape index (κ2) is 5.31. The lowest BCUT2D eigenvalue weighted by molar-refractivity contribution is -0.219. The lowest BCUT2D eigenvalue weighted by Gasteiger charge is -2.28. The van der Waals surface area contributed by atoms with Crippen molar-refractivity contribution in [1.82, 2.24) is 0 Å². The van der Waals surface area contributed by atoms with E-state index in [-0.39, 0.29) is 11.5 Å². The van der Waals surface area contributed by atoms with Crippen LogP contribution in [-0.2, 0) is 19.8 Å². The zero-order valence-corrected chi connectivity index (χ0v) is 10.2. The number of rotatable bonds is 5. The number of hydrogen-bond acceptors (Lipinski definition) is 6. The van der Waals surface area contributed by atoms with Gasteiger partial charge in [-0.05, 0) is 19.1 Å². The van der Waals surface area contributed by atoms with Crippen LogP contribution in [0.4, 0.5) is 0 Å². The molecule has 1 unspecified atom stereocenters. The third kappa shape index (κ3) is 2.66. The first-order valence-electron chi connectivity index (χ1n) is 4.94. The Morgan fingerprint density at radius 2 is 1.94 bits per heavy atom. The molecule has 0 aromatic carbocycles. The van der Waals surface area contributed by atoms with E-state index in [4.69, 9.17) is 13.9 Å². The summed E-state index contributed by atoms with van der Waals surface area (Å²) >= 11 is 0. The van der Waals surface area contributed by atoms with Crippen LogP contribution in [0.25, 0.3) is 0 Å². The molecule has 0 spiro atoms. The molecule has 1 atom stereocenters. The first-order chi connectivity index (χ1) is 7.97. The van der Waals surface area contributed by atoms with Crippen LogP contribution < -0.4 is 0 Å². The Hall–Kier alpha value is -1.37. The van der Waals surface area contributed by atoms with Crippen molar-refractivity contribution in [3.8, 4) is 0 Å². The number of furan rings is 1. The highest BCUT2D eigenvalue weighted by Crippen LogP contribution is 2.28. The molecule has 17 heavy (non-hydrogen) atoms. The van der Waals surface area contributed by atoms with E-state index >= 15 is 0 Å². The van der Waals surface area contributed by atoms with E-state index in [0.717, 1.165) is 0 Å². The van der Waals surface area contributed by atoms with Gasteiger partial charge >= 0.3 is 5.97 Å². The molecular weight excluding hydrogens is 228 g/mol. The van der Waals surface area contributed by atoms with Crippen LogP contribution >= 0.6 is 0 Å². The van der Waals surface area contributed by atoms with Crippen molar-refractivity contribution in [2.75, 3.05) is 21.3 Å². The number of methoxy groups -OCH3 is 3. The SMILES string of the molecule is COC(=O)c1ccc(C(C)(O)C(OC)OC)o1. The van der Waals surface area contributed by atoms with E-state index in [1.54, 1.807) is 0 Å². The van der Waals surface area contributed by atoms with Crippen LogP contribution in [0.15, 0.2) is 16.5 Å². The fraction of sp³-hybridized carbons (Fsp3) is 0.545. The molecule has 0 saturated heterocycles. The van der Waals surface area contributed by atoms with Crippen molar-refractivity contribution in [3.63, 3.8) is 0 Å².